The lowest BCUT2D eigenvalue weighted by atomic mass is 10.1. The number of halogens is 2. The van der Waals surface area contributed by atoms with Crippen LogP contribution in [0.1, 0.15) is 27.2 Å². The number of amides is 2. The average Bonchev–Trinajstić information content (AvgIpc) is 3.05. The maximum absolute atomic E-state index is 14.2. The molecule has 0 radical (unpaired) electrons. The van der Waals surface area contributed by atoms with E-state index in [2.05, 4.69) is 26.6 Å². The molecule has 0 aliphatic heterocycles. The predicted octanol–water partition coefficient (Wildman–Crippen LogP) is 5.02. The standard InChI is InChI=1S/C21H20BrFN2O3S/c1-12-6-7-13(22)10-16(12)25-18(26)8-9-24-21(27)20-14(11-28-2)19-15(23)4-3-5-17(19)29-20/h3-7,10H,8-9,11H2,1-2H3,(H,24,27)(H,25,26). The van der Waals surface area contributed by atoms with Crippen molar-refractivity contribution in [3.05, 3.63) is 62.7 Å². The third kappa shape index (κ3) is 5.01. The number of benzene rings is 2. The maximum atomic E-state index is 14.2. The molecule has 2 N–H and O–H groups in total. The van der Waals surface area contributed by atoms with Crippen molar-refractivity contribution in [2.24, 2.45) is 0 Å². The van der Waals surface area contributed by atoms with Crippen molar-refractivity contribution in [2.45, 2.75) is 20.0 Å². The number of fused-ring (bicyclic) bond motifs is 1. The number of methoxy groups -OCH3 is 1. The van der Waals surface area contributed by atoms with E-state index in [1.807, 2.05) is 25.1 Å². The van der Waals surface area contributed by atoms with E-state index in [4.69, 9.17) is 4.74 Å². The number of ether oxygens (including phenoxy) is 1. The van der Waals surface area contributed by atoms with Gasteiger partial charge >= 0.3 is 0 Å². The molecule has 0 aliphatic carbocycles. The summed E-state index contributed by atoms with van der Waals surface area (Å²) in [6.45, 7) is 2.20. The summed E-state index contributed by atoms with van der Waals surface area (Å²) in [4.78, 5) is 25.2. The molecule has 0 saturated heterocycles. The van der Waals surface area contributed by atoms with Crippen LogP contribution in [-0.4, -0.2) is 25.5 Å². The first-order valence-corrected chi connectivity index (χ1v) is 10.5. The highest BCUT2D eigenvalue weighted by atomic mass is 79.9. The molecule has 0 spiro atoms. The Bertz CT molecular complexity index is 1070. The van der Waals surface area contributed by atoms with Gasteiger partial charge in [0.1, 0.15) is 5.82 Å². The van der Waals surface area contributed by atoms with Gasteiger partial charge < -0.3 is 15.4 Å². The number of rotatable bonds is 7. The molecule has 8 heteroatoms. The van der Waals surface area contributed by atoms with Gasteiger partial charge in [-0.05, 0) is 36.8 Å². The van der Waals surface area contributed by atoms with Gasteiger partial charge in [-0.1, -0.05) is 28.1 Å². The molecule has 0 fully saturated rings. The molecule has 0 saturated carbocycles. The Kier molecular flexibility index (Phi) is 7.00. The van der Waals surface area contributed by atoms with E-state index in [1.54, 1.807) is 12.1 Å². The number of carbonyl (C=O) groups excluding carboxylic acids is 2. The second-order valence-electron chi connectivity index (χ2n) is 6.47. The summed E-state index contributed by atoms with van der Waals surface area (Å²) >= 11 is 4.59. The van der Waals surface area contributed by atoms with E-state index in [0.29, 0.717) is 20.5 Å². The molecule has 152 valence electrons. The van der Waals surface area contributed by atoms with Gasteiger partial charge in [-0.3, -0.25) is 9.59 Å². The Morgan fingerprint density at radius 2 is 2.03 bits per heavy atom. The van der Waals surface area contributed by atoms with Crippen molar-refractivity contribution in [1.82, 2.24) is 5.32 Å². The minimum atomic E-state index is -0.381. The van der Waals surface area contributed by atoms with Crippen LogP contribution < -0.4 is 10.6 Å². The monoisotopic (exact) mass is 478 g/mol. The second kappa shape index (κ2) is 9.47. The van der Waals surface area contributed by atoms with E-state index in [-0.39, 0.29) is 37.2 Å². The van der Waals surface area contributed by atoms with Gasteiger partial charge in [-0.15, -0.1) is 11.3 Å². The number of nitrogens with one attached hydrogen (secondary N) is 2. The first kappa shape index (κ1) is 21.4. The van der Waals surface area contributed by atoms with Crippen LogP contribution in [0.3, 0.4) is 0 Å². The zero-order valence-electron chi connectivity index (χ0n) is 16.0. The maximum Gasteiger partial charge on any atom is 0.261 e. The molecular formula is C21H20BrFN2O3S. The first-order valence-electron chi connectivity index (χ1n) is 8.93. The van der Waals surface area contributed by atoms with Crippen LogP contribution in [0.15, 0.2) is 40.9 Å². The van der Waals surface area contributed by atoms with Crippen LogP contribution >= 0.6 is 27.3 Å². The third-order valence-electron chi connectivity index (χ3n) is 4.37. The zero-order valence-corrected chi connectivity index (χ0v) is 18.4. The molecule has 0 bridgehead atoms. The molecule has 3 rings (SSSR count). The average molecular weight is 479 g/mol. The first-order chi connectivity index (χ1) is 13.9. The quantitative estimate of drug-likeness (QED) is 0.501. The summed E-state index contributed by atoms with van der Waals surface area (Å²) in [5, 5.41) is 5.99. The van der Waals surface area contributed by atoms with Gasteiger partial charge in [0.05, 0.1) is 11.5 Å². The third-order valence-corrected chi connectivity index (χ3v) is 6.06. The lowest BCUT2D eigenvalue weighted by Gasteiger charge is -2.10. The summed E-state index contributed by atoms with van der Waals surface area (Å²) in [7, 11) is 1.50. The molecule has 5 nitrogen and oxygen atoms in total. The second-order valence-corrected chi connectivity index (χ2v) is 8.44. The van der Waals surface area contributed by atoms with Gasteiger partial charge in [-0.25, -0.2) is 4.39 Å². The van der Waals surface area contributed by atoms with E-state index in [1.165, 1.54) is 24.5 Å². The minimum absolute atomic E-state index is 0.122. The normalized spacial score (nSPS) is 10.9. The van der Waals surface area contributed by atoms with Crippen LogP contribution in [0.4, 0.5) is 10.1 Å². The summed E-state index contributed by atoms with van der Waals surface area (Å²) in [6, 6.07) is 10.4. The van der Waals surface area contributed by atoms with E-state index in [9.17, 15) is 14.0 Å². The summed E-state index contributed by atoms with van der Waals surface area (Å²) < 4.78 is 21.0. The predicted molar refractivity (Wildman–Crippen MR) is 117 cm³/mol. The van der Waals surface area contributed by atoms with Crippen molar-refractivity contribution in [1.29, 1.82) is 0 Å². The molecule has 1 aromatic heterocycles. The fourth-order valence-corrected chi connectivity index (χ4v) is 4.44. The lowest BCUT2D eigenvalue weighted by molar-refractivity contribution is -0.116. The molecule has 3 aromatic rings. The van der Waals surface area contributed by atoms with Crippen molar-refractivity contribution in [3.8, 4) is 0 Å². The number of anilines is 1. The van der Waals surface area contributed by atoms with Crippen LogP contribution in [0.2, 0.25) is 0 Å². The van der Waals surface area contributed by atoms with Crippen LogP contribution in [-0.2, 0) is 16.1 Å². The number of aryl methyl sites for hydroxylation is 1. The summed E-state index contributed by atoms with van der Waals surface area (Å²) in [6.07, 6.45) is 0.122. The fraction of sp³-hybridized carbons (Fsp3) is 0.238. The van der Waals surface area contributed by atoms with Crippen molar-refractivity contribution < 1.29 is 18.7 Å². The lowest BCUT2D eigenvalue weighted by Crippen LogP contribution is -2.27. The van der Waals surface area contributed by atoms with Crippen molar-refractivity contribution in [3.63, 3.8) is 0 Å². The number of carbonyl (C=O) groups is 2. The summed E-state index contributed by atoms with van der Waals surface area (Å²) in [5.41, 5.74) is 2.19. The summed E-state index contributed by atoms with van der Waals surface area (Å²) in [5.74, 6) is -0.927. The van der Waals surface area contributed by atoms with E-state index < -0.39 is 0 Å². The molecule has 0 atom stereocenters. The zero-order chi connectivity index (χ0) is 21.0. The topological polar surface area (TPSA) is 67.4 Å². The Balaban J connectivity index is 1.65. The Morgan fingerprint density at radius 1 is 1.24 bits per heavy atom. The van der Waals surface area contributed by atoms with Gasteiger partial charge in [-0.2, -0.15) is 0 Å². The van der Waals surface area contributed by atoms with Crippen molar-refractivity contribution >= 4 is 54.9 Å². The molecule has 0 unspecified atom stereocenters. The molecule has 1 heterocycles. The van der Waals surface area contributed by atoms with Gasteiger partial charge in [0.25, 0.3) is 5.91 Å². The molecular weight excluding hydrogens is 459 g/mol. The number of hydrogen-bond acceptors (Lipinski definition) is 4. The van der Waals surface area contributed by atoms with Crippen molar-refractivity contribution in [2.75, 3.05) is 19.0 Å². The highest BCUT2D eigenvalue weighted by molar-refractivity contribution is 9.10. The van der Waals surface area contributed by atoms with Crippen LogP contribution in [0.5, 0.6) is 0 Å². The molecule has 0 aliphatic rings. The fourth-order valence-electron chi connectivity index (χ4n) is 2.94. The Labute approximate surface area is 180 Å². The Hall–Kier alpha value is -2.29. The SMILES string of the molecule is COCc1c(C(=O)NCCC(=O)Nc2cc(Br)ccc2C)sc2cccc(F)c12. The highest BCUT2D eigenvalue weighted by Crippen LogP contribution is 2.33. The Morgan fingerprint density at radius 3 is 2.79 bits per heavy atom. The number of hydrogen-bond donors (Lipinski definition) is 2. The van der Waals surface area contributed by atoms with Gasteiger partial charge in [0.15, 0.2) is 0 Å². The molecule has 29 heavy (non-hydrogen) atoms. The van der Waals surface area contributed by atoms with Gasteiger partial charge in [0.2, 0.25) is 5.91 Å². The molecule has 2 aromatic carbocycles. The van der Waals surface area contributed by atoms with Crippen LogP contribution in [0, 0.1) is 12.7 Å². The van der Waals surface area contributed by atoms with Crippen LogP contribution in [0.25, 0.3) is 10.1 Å². The van der Waals surface area contributed by atoms with E-state index in [0.717, 1.165) is 15.7 Å². The largest absolute Gasteiger partial charge is 0.380 e. The number of thiophene rings is 1. The highest BCUT2D eigenvalue weighted by Gasteiger charge is 2.20. The minimum Gasteiger partial charge on any atom is -0.380 e. The smallest absolute Gasteiger partial charge is 0.261 e. The molecule has 2 amide bonds. The van der Waals surface area contributed by atoms with Gasteiger partial charge in [0, 0.05) is 45.9 Å². The van der Waals surface area contributed by atoms with E-state index >= 15 is 0 Å².